The van der Waals surface area contributed by atoms with Crippen LogP contribution in [-0.4, -0.2) is 64.5 Å². The maximum atomic E-state index is 12.4. The fourth-order valence-corrected chi connectivity index (χ4v) is 4.86. The summed E-state index contributed by atoms with van der Waals surface area (Å²) in [4.78, 5) is 2.10. The molecule has 3 heterocycles. The fourth-order valence-electron chi connectivity index (χ4n) is 3.20. The SMILES string of the molecule is CC(C)CS(=O)(=O)N(C)C1CN(c2ccc3nnc(C4CC4)n3n2)C1. The molecule has 0 radical (unpaired) electrons. The van der Waals surface area contributed by atoms with Crippen molar-refractivity contribution in [1.82, 2.24) is 24.1 Å². The van der Waals surface area contributed by atoms with Gasteiger partial charge < -0.3 is 4.90 Å². The molecule has 0 amide bonds. The average molecular weight is 364 g/mol. The summed E-state index contributed by atoms with van der Waals surface area (Å²) in [6.45, 7) is 5.17. The Labute approximate surface area is 147 Å². The van der Waals surface area contributed by atoms with Crippen molar-refractivity contribution >= 4 is 21.5 Å². The zero-order chi connectivity index (χ0) is 17.8. The number of fused-ring (bicyclic) bond motifs is 1. The molecular formula is C16H24N6O2S. The molecule has 136 valence electrons. The minimum absolute atomic E-state index is 0.00469. The van der Waals surface area contributed by atoms with Crippen LogP contribution in [0, 0.1) is 5.92 Å². The fraction of sp³-hybridized carbons (Fsp3) is 0.688. The lowest BCUT2D eigenvalue weighted by molar-refractivity contribution is 0.307. The van der Waals surface area contributed by atoms with Gasteiger partial charge in [0.1, 0.15) is 5.82 Å². The molecule has 0 bridgehead atoms. The summed E-state index contributed by atoms with van der Waals surface area (Å²) in [6.07, 6.45) is 2.30. The number of nitrogens with zero attached hydrogens (tertiary/aromatic N) is 6. The summed E-state index contributed by atoms with van der Waals surface area (Å²) in [5.74, 6) is 2.58. The van der Waals surface area contributed by atoms with E-state index in [2.05, 4.69) is 20.2 Å². The van der Waals surface area contributed by atoms with Gasteiger partial charge >= 0.3 is 0 Å². The number of sulfonamides is 1. The molecule has 25 heavy (non-hydrogen) atoms. The maximum absolute atomic E-state index is 12.4. The quantitative estimate of drug-likeness (QED) is 0.763. The van der Waals surface area contributed by atoms with Crippen LogP contribution >= 0.6 is 0 Å². The zero-order valence-corrected chi connectivity index (χ0v) is 15.6. The van der Waals surface area contributed by atoms with Crippen LogP contribution < -0.4 is 4.90 Å². The van der Waals surface area contributed by atoms with Crippen molar-refractivity contribution in [3.8, 4) is 0 Å². The van der Waals surface area contributed by atoms with Crippen molar-refractivity contribution in [1.29, 1.82) is 0 Å². The Balaban J connectivity index is 1.47. The third-order valence-corrected chi connectivity index (χ3v) is 7.16. The molecule has 2 aromatic heterocycles. The summed E-state index contributed by atoms with van der Waals surface area (Å²) in [7, 11) is -1.52. The molecule has 1 aliphatic heterocycles. The van der Waals surface area contributed by atoms with E-state index in [1.807, 2.05) is 30.5 Å². The van der Waals surface area contributed by atoms with Gasteiger partial charge in [-0.1, -0.05) is 13.8 Å². The highest BCUT2D eigenvalue weighted by Gasteiger charge is 2.37. The van der Waals surface area contributed by atoms with Crippen LogP contribution in [0.5, 0.6) is 0 Å². The highest BCUT2D eigenvalue weighted by Crippen LogP contribution is 2.38. The maximum Gasteiger partial charge on any atom is 0.214 e. The first-order valence-electron chi connectivity index (χ1n) is 8.78. The summed E-state index contributed by atoms with van der Waals surface area (Å²) in [5.41, 5.74) is 0.763. The van der Waals surface area contributed by atoms with Crippen molar-refractivity contribution < 1.29 is 8.42 Å². The number of anilines is 1. The minimum Gasteiger partial charge on any atom is -0.352 e. The Bertz CT molecular complexity index is 883. The highest BCUT2D eigenvalue weighted by molar-refractivity contribution is 7.89. The molecule has 2 aromatic rings. The standard InChI is InChI=1S/C16H24N6O2S/c1-11(2)10-25(23,24)20(3)13-8-21(9-13)15-7-6-14-17-18-16(12-4-5-12)22(14)19-15/h6-7,11-13H,4-5,8-10H2,1-3H3. The normalized spacial score (nSPS) is 19.2. The molecule has 0 unspecified atom stereocenters. The van der Waals surface area contributed by atoms with E-state index in [0.717, 1.165) is 30.1 Å². The highest BCUT2D eigenvalue weighted by atomic mass is 32.2. The monoisotopic (exact) mass is 364 g/mol. The molecule has 2 fully saturated rings. The number of hydrogen-bond donors (Lipinski definition) is 0. The largest absolute Gasteiger partial charge is 0.352 e. The van der Waals surface area contributed by atoms with Gasteiger partial charge in [-0.3, -0.25) is 0 Å². The number of rotatable bonds is 6. The third kappa shape index (κ3) is 3.10. The first-order valence-corrected chi connectivity index (χ1v) is 10.4. The summed E-state index contributed by atoms with van der Waals surface area (Å²) in [6, 6.07) is 3.86. The molecule has 0 aromatic carbocycles. The van der Waals surface area contributed by atoms with E-state index >= 15 is 0 Å². The lowest BCUT2D eigenvalue weighted by atomic mass is 10.1. The second kappa shape index (κ2) is 5.91. The van der Waals surface area contributed by atoms with Gasteiger partial charge in [0.15, 0.2) is 11.5 Å². The first-order chi connectivity index (χ1) is 11.8. The van der Waals surface area contributed by atoms with E-state index in [4.69, 9.17) is 0 Å². The van der Waals surface area contributed by atoms with Crippen LogP contribution in [0.4, 0.5) is 5.82 Å². The molecule has 2 aliphatic rings. The second-order valence-electron chi connectivity index (χ2n) is 7.54. The summed E-state index contributed by atoms with van der Waals surface area (Å²) >= 11 is 0. The van der Waals surface area contributed by atoms with Gasteiger partial charge in [0.25, 0.3) is 0 Å². The van der Waals surface area contributed by atoms with Gasteiger partial charge in [-0.2, -0.15) is 8.82 Å². The Kier molecular flexibility index (Phi) is 3.95. The molecule has 1 aliphatic carbocycles. The molecule has 1 saturated carbocycles. The van der Waals surface area contributed by atoms with Crippen LogP contribution in [0.3, 0.4) is 0 Å². The second-order valence-corrected chi connectivity index (χ2v) is 9.61. The Hall–Kier alpha value is -1.74. The Morgan fingerprint density at radius 2 is 1.96 bits per heavy atom. The number of aromatic nitrogens is 4. The van der Waals surface area contributed by atoms with Gasteiger partial charge in [0.05, 0.1) is 11.8 Å². The van der Waals surface area contributed by atoms with E-state index in [-0.39, 0.29) is 17.7 Å². The Morgan fingerprint density at radius 1 is 1.24 bits per heavy atom. The van der Waals surface area contributed by atoms with E-state index in [1.165, 1.54) is 4.31 Å². The molecule has 1 saturated heterocycles. The lowest BCUT2D eigenvalue weighted by Gasteiger charge is -2.44. The lowest BCUT2D eigenvalue weighted by Crippen LogP contribution is -2.60. The van der Waals surface area contributed by atoms with Crippen LogP contribution in [0.15, 0.2) is 12.1 Å². The van der Waals surface area contributed by atoms with Crippen molar-refractivity contribution in [2.24, 2.45) is 5.92 Å². The minimum atomic E-state index is -3.20. The van der Waals surface area contributed by atoms with E-state index < -0.39 is 10.0 Å². The van der Waals surface area contributed by atoms with Crippen molar-refractivity contribution in [3.05, 3.63) is 18.0 Å². The molecule has 9 heteroatoms. The first kappa shape index (κ1) is 16.7. The molecular weight excluding hydrogens is 340 g/mol. The molecule has 8 nitrogen and oxygen atoms in total. The average Bonchev–Trinajstić information content (AvgIpc) is 3.24. The van der Waals surface area contributed by atoms with Crippen LogP contribution in [0.2, 0.25) is 0 Å². The Morgan fingerprint density at radius 3 is 2.60 bits per heavy atom. The van der Waals surface area contributed by atoms with Crippen molar-refractivity contribution in [2.75, 3.05) is 30.8 Å². The van der Waals surface area contributed by atoms with Gasteiger partial charge in [-0.25, -0.2) is 8.42 Å². The molecule has 0 N–H and O–H groups in total. The van der Waals surface area contributed by atoms with Crippen LogP contribution in [0.25, 0.3) is 5.65 Å². The molecule has 0 spiro atoms. The van der Waals surface area contributed by atoms with Gasteiger partial charge in [-0.15, -0.1) is 15.3 Å². The molecule has 4 rings (SSSR count). The topological polar surface area (TPSA) is 83.7 Å². The summed E-state index contributed by atoms with van der Waals surface area (Å²) < 4.78 is 28.1. The van der Waals surface area contributed by atoms with Crippen molar-refractivity contribution in [3.63, 3.8) is 0 Å². The van der Waals surface area contributed by atoms with Gasteiger partial charge in [0.2, 0.25) is 10.0 Å². The van der Waals surface area contributed by atoms with Gasteiger partial charge in [-0.05, 0) is 30.9 Å². The zero-order valence-electron chi connectivity index (χ0n) is 14.8. The summed E-state index contributed by atoms with van der Waals surface area (Å²) in [5, 5.41) is 13.1. The molecule has 0 atom stereocenters. The third-order valence-electron chi connectivity index (χ3n) is 4.90. The number of likely N-dealkylation sites (N-methyl/N-ethyl adjacent to an activating group) is 1. The van der Waals surface area contributed by atoms with E-state index in [0.29, 0.717) is 19.0 Å². The van der Waals surface area contributed by atoms with Gasteiger partial charge in [0, 0.05) is 26.1 Å². The van der Waals surface area contributed by atoms with Crippen molar-refractivity contribution in [2.45, 2.75) is 38.6 Å². The van der Waals surface area contributed by atoms with Crippen LogP contribution in [0.1, 0.15) is 38.4 Å². The smallest absolute Gasteiger partial charge is 0.214 e. The van der Waals surface area contributed by atoms with Crippen LogP contribution in [-0.2, 0) is 10.0 Å². The predicted molar refractivity (Wildman–Crippen MR) is 95.1 cm³/mol. The number of hydrogen-bond acceptors (Lipinski definition) is 6. The predicted octanol–water partition coefficient (Wildman–Crippen LogP) is 1.11. The van der Waals surface area contributed by atoms with E-state index in [1.54, 1.807) is 7.05 Å². The van der Waals surface area contributed by atoms with E-state index in [9.17, 15) is 8.42 Å².